The molecule has 34 heavy (non-hydrogen) atoms. The molecule has 0 spiro atoms. The van der Waals surface area contributed by atoms with Crippen LogP contribution in [-0.4, -0.2) is 34.4 Å². The van der Waals surface area contributed by atoms with Crippen LogP contribution in [0.2, 0.25) is 0 Å². The van der Waals surface area contributed by atoms with Crippen LogP contribution in [-0.2, 0) is 11.0 Å². The number of hydrogen-bond acceptors (Lipinski definition) is 5. The van der Waals surface area contributed by atoms with E-state index in [0.29, 0.717) is 25.1 Å². The average molecular weight is 482 g/mol. The van der Waals surface area contributed by atoms with E-state index in [1.54, 1.807) is 0 Å². The largest absolute Gasteiger partial charge is 0.419 e. The van der Waals surface area contributed by atoms with Gasteiger partial charge in [-0.3, -0.25) is 14.9 Å². The second kappa shape index (κ2) is 10.1. The number of carbonyl (C=O) groups is 1. The van der Waals surface area contributed by atoms with Crippen molar-refractivity contribution in [3.8, 4) is 6.07 Å². The van der Waals surface area contributed by atoms with Gasteiger partial charge in [-0.2, -0.15) is 18.4 Å². The topological polar surface area (TPSA) is 107 Å². The van der Waals surface area contributed by atoms with Crippen LogP contribution in [0.25, 0.3) is 10.8 Å². The molecule has 0 saturated carbocycles. The van der Waals surface area contributed by atoms with E-state index in [9.17, 15) is 37.5 Å². The summed E-state index contributed by atoms with van der Waals surface area (Å²) in [5.74, 6) is -2.43. The Morgan fingerprint density at radius 3 is 2.65 bits per heavy atom. The zero-order valence-corrected chi connectivity index (χ0v) is 18.7. The number of aliphatic hydroxyl groups is 1. The molecule has 2 heterocycles. The number of aliphatic hydroxyl groups excluding tert-OH is 1. The highest BCUT2D eigenvalue weighted by atomic mass is 19.4. The molecule has 7 nitrogen and oxygen atoms in total. The van der Waals surface area contributed by atoms with Gasteiger partial charge in [0.1, 0.15) is 24.1 Å². The highest BCUT2D eigenvalue weighted by molar-refractivity contribution is 5.84. The molecule has 1 aliphatic heterocycles. The Hall–Kier alpha value is -2.97. The third kappa shape index (κ3) is 5.56. The maximum absolute atomic E-state index is 13.9. The van der Waals surface area contributed by atoms with Crippen molar-refractivity contribution in [2.45, 2.75) is 57.6 Å². The lowest BCUT2D eigenvalue weighted by Gasteiger charge is -2.24. The molecule has 1 aromatic heterocycles. The summed E-state index contributed by atoms with van der Waals surface area (Å²) in [6.07, 6.45) is -3.52. The third-order valence-electron chi connectivity index (χ3n) is 5.98. The van der Waals surface area contributed by atoms with Crippen LogP contribution in [0, 0.1) is 29.0 Å². The predicted octanol–water partition coefficient (Wildman–Crippen LogP) is 3.07. The van der Waals surface area contributed by atoms with E-state index < -0.39 is 47.3 Å². The maximum atomic E-state index is 13.9. The van der Waals surface area contributed by atoms with Crippen molar-refractivity contribution in [3.05, 3.63) is 46.1 Å². The fourth-order valence-electron chi connectivity index (χ4n) is 4.24. The van der Waals surface area contributed by atoms with Gasteiger partial charge in [-0.25, -0.2) is 4.39 Å². The van der Waals surface area contributed by atoms with E-state index >= 15 is 0 Å². The minimum atomic E-state index is -4.99. The number of nitrogens with one attached hydrogen (secondary N) is 2. The number of rotatable bonds is 7. The molecule has 1 fully saturated rings. The SMILES string of the molecule is CC(C)C[C@@H](C(=O)N[C@H](C#N)C[C@@H]1CCN[C@H]1O)n1ccc2cc(F)c(C(F)(F)F)cc2c1=O. The first-order valence-corrected chi connectivity index (χ1v) is 11.0. The van der Waals surface area contributed by atoms with E-state index in [1.165, 1.54) is 12.3 Å². The number of nitrogens with zero attached hydrogens (tertiary/aromatic N) is 2. The normalized spacial score (nSPS) is 20.3. The molecule has 0 aliphatic carbocycles. The van der Waals surface area contributed by atoms with Gasteiger partial charge in [-0.1, -0.05) is 13.8 Å². The first kappa shape index (κ1) is 25.6. The number of amides is 1. The number of nitriles is 1. The first-order chi connectivity index (χ1) is 15.9. The summed E-state index contributed by atoms with van der Waals surface area (Å²) in [4.78, 5) is 26.2. The Labute approximate surface area is 193 Å². The van der Waals surface area contributed by atoms with Gasteiger partial charge in [0.2, 0.25) is 5.91 Å². The van der Waals surface area contributed by atoms with Crippen molar-refractivity contribution >= 4 is 16.7 Å². The number of halogens is 4. The van der Waals surface area contributed by atoms with Crippen molar-refractivity contribution in [2.24, 2.45) is 11.8 Å². The van der Waals surface area contributed by atoms with Gasteiger partial charge in [0.05, 0.1) is 11.6 Å². The van der Waals surface area contributed by atoms with Crippen LogP contribution in [0.3, 0.4) is 0 Å². The standard InChI is InChI=1S/C23H26F4N4O3/c1-12(2)7-19(21(33)30-15(11-28)8-14-3-5-29-20(14)32)31-6-4-13-9-18(24)17(23(25,26)27)10-16(13)22(31)34/h4,6,9-10,12,14-15,19-20,29,32H,3,5,7-8H2,1-2H3,(H,30,33)/t14-,15-,19-,20-/m0/s1. The summed E-state index contributed by atoms with van der Waals surface area (Å²) in [5, 5.41) is 24.5. The maximum Gasteiger partial charge on any atom is 0.419 e. The van der Waals surface area contributed by atoms with Gasteiger partial charge < -0.3 is 15.0 Å². The van der Waals surface area contributed by atoms with E-state index in [0.717, 1.165) is 4.57 Å². The fourth-order valence-corrected chi connectivity index (χ4v) is 4.24. The molecule has 1 amide bonds. The summed E-state index contributed by atoms with van der Waals surface area (Å²) in [7, 11) is 0. The molecule has 3 rings (SSSR count). The molecule has 1 aromatic carbocycles. The molecule has 184 valence electrons. The number of alkyl halides is 3. The number of hydrogen-bond donors (Lipinski definition) is 3. The van der Waals surface area contributed by atoms with E-state index in [1.807, 2.05) is 19.9 Å². The first-order valence-electron chi connectivity index (χ1n) is 11.0. The Morgan fingerprint density at radius 2 is 2.09 bits per heavy atom. The molecule has 1 saturated heterocycles. The van der Waals surface area contributed by atoms with Gasteiger partial charge in [0, 0.05) is 17.5 Å². The molecule has 1 aliphatic rings. The molecule has 2 aromatic rings. The smallest absolute Gasteiger partial charge is 0.378 e. The molecule has 4 atom stereocenters. The fraction of sp³-hybridized carbons (Fsp3) is 0.522. The minimum absolute atomic E-state index is 0.0203. The summed E-state index contributed by atoms with van der Waals surface area (Å²) in [6, 6.07) is 2.35. The monoisotopic (exact) mass is 482 g/mol. The van der Waals surface area contributed by atoms with Gasteiger partial charge >= 0.3 is 6.18 Å². The third-order valence-corrected chi connectivity index (χ3v) is 5.98. The Morgan fingerprint density at radius 1 is 1.38 bits per heavy atom. The van der Waals surface area contributed by atoms with Crippen LogP contribution >= 0.6 is 0 Å². The molecular weight excluding hydrogens is 456 g/mol. The van der Waals surface area contributed by atoms with Crippen LogP contribution in [0.5, 0.6) is 0 Å². The highest BCUT2D eigenvalue weighted by Crippen LogP contribution is 2.33. The molecule has 0 unspecified atom stereocenters. The molecule has 0 radical (unpaired) electrons. The van der Waals surface area contributed by atoms with Crippen LogP contribution < -0.4 is 16.2 Å². The molecule has 0 bridgehead atoms. The lowest BCUT2D eigenvalue weighted by atomic mass is 9.97. The lowest BCUT2D eigenvalue weighted by Crippen LogP contribution is -2.43. The quantitative estimate of drug-likeness (QED) is 0.526. The van der Waals surface area contributed by atoms with E-state index in [2.05, 4.69) is 10.6 Å². The van der Waals surface area contributed by atoms with Crippen LogP contribution in [0.15, 0.2) is 29.2 Å². The number of pyridine rings is 1. The van der Waals surface area contributed by atoms with Crippen molar-refractivity contribution < 1.29 is 27.5 Å². The minimum Gasteiger partial charge on any atom is -0.378 e. The van der Waals surface area contributed by atoms with Gasteiger partial charge in [0.15, 0.2) is 0 Å². The number of carbonyl (C=O) groups excluding carboxylic acids is 1. The Kier molecular flexibility index (Phi) is 7.63. The Bertz CT molecular complexity index is 1160. The van der Waals surface area contributed by atoms with Gasteiger partial charge in [0.25, 0.3) is 5.56 Å². The van der Waals surface area contributed by atoms with Crippen molar-refractivity contribution in [3.63, 3.8) is 0 Å². The Balaban J connectivity index is 1.96. The molecular formula is C23H26F4N4O3. The summed E-state index contributed by atoms with van der Waals surface area (Å²) >= 11 is 0. The zero-order chi connectivity index (χ0) is 25.2. The summed E-state index contributed by atoms with van der Waals surface area (Å²) < 4.78 is 54.5. The van der Waals surface area contributed by atoms with E-state index in [4.69, 9.17) is 0 Å². The summed E-state index contributed by atoms with van der Waals surface area (Å²) in [5.41, 5.74) is -2.43. The van der Waals surface area contributed by atoms with Crippen molar-refractivity contribution in [1.82, 2.24) is 15.2 Å². The predicted molar refractivity (Wildman–Crippen MR) is 116 cm³/mol. The van der Waals surface area contributed by atoms with Crippen molar-refractivity contribution in [1.29, 1.82) is 5.26 Å². The average Bonchev–Trinajstić information content (AvgIpc) is 3.15. The highest BCUT2D eigenvalue weighted by Gasteiger charge is 2.35. The zero-order valence-electron chi connectivity index (χ0n) is 18.7. The molecule has 11 heteroatoms. The summed E-state index contributed by atoms with van der Waals surface area (Å²) in [6.45, 7) is 4.21. The second-order valence-electron chi connectivity index (χ2n) is 8.96. The lowest BCUT2D eigenvalue weighted by molar-refractivity contribution is -0.139. The number of benzene rings is 1. The van der Waals surface area contributed by atoms with E-state index in [-0.39, 0.29) is 35.4 Å². The van der Waals surface area contributed by atoms with Crippen LogP contribution in [0.4, 0.5) is 17.6 Å². The number of aromatic nitrogens is 1. The van der Waals surface area contributed by atoms with Crippen molar-refractivity contribution in [2.75, 3.05) is 6.54 Å². The second-order valence-corrected chi connectivity index (χ2v) is 8.96. The molecule has 3 N–H and O–H groups in total. The van der Waals surface area contributed by atoms with Gasteiger partial charge in [-0.05, 0) is 55.3 Å². The van der Waals surface area contributed by atoms with Gasteiger partial charge in [-0.15, -0.1) is 0 Å². The van der Waals surface area contributed by atoms with Crippen LogP contribution in [0.1, 0.15) is 44.7 Å². The number of fused-ring (bicyclic) bond motifs is 1.